The quantitative estimate of drug-likeness (QED) is 0.397. The molecule has 0 N–H and O–H groups in total. The summed E-state index contributed by atoms with van der Waals surface area (Å²) in [6, 6.07) is 0. The van der Waals surface area contributed by atoms with Crippen molar-refractivity contribution in [2.45, 2.75) is 55.4 Å². The number of aryl methyl sites for hydroxylation is 6. The van der Waals surface area contributed by atoms with E-state index in [4.69, 9.17) is 9.68 Å². The van der Waals surface area contributed by atoms with Crippen LogP contribution < -0.4 is 32.2 Å². The van der Waals surface area contributed by atoms with Crippen molar-refractivity contribution < 1.29 is 9.68 Å². The Labute approximate surface area is 220 Å². The highest BCUT2D eigenvalue weighted by Gasteiger charge is 2.19. The van der Waals surface area contributed by atoms with Crippen LogP contribution in [0.5, 0.6) is 0 Å². The van der Waals surface area contributed by atoms with Crippen molar-refractivity contribution in [3.8, 4) is 0 Å². The van der Waals surface area contributed by atoms with Crippen molar-refractivity contribution in [1.82, 2.24) is 18.6 Å². The Kier molecular flexibility index (Phi) is 7.50. The molecule has 10 heteroatoms. The topological polar surface area (TPSA) is 106 Å². The molecule has 204 valence electrons. The van der Waals surface area contributed by atoms with Crippen molar-refractivity contribution in [3.63, 3.8) is 0 Å². The third kappa shape index (κ3) is 3.95. The lowest BCUT2D eigenvalue weighted by Gasteiger charge is -2.17. The summed E-state index contributed by atoms with van der Waals surface area (Å²) in [7, 11) is 5.94. The first-order valence-corrected chi connectivity index (χ1v) is 12.2. The molecule has 0 bridgehead atoms. The predicted molar refractivity (Wildman–Crippen MR) is 150 cm³/mol. The van der Waals surface area contributed by atoms with Gasteiger partial charge in [0, 0.05) is 14.1 Å². The van der Waals surface area contributed by atoms with Gasteiger partial charge in [-0.15, -0.1) is 0 Å². The summed E-state index contributed by atoms with van der Waals surface area (Å²) in [6.07, 6.45) is 0. The SMILES string of the molecule is COn1c(=O)c2c(C)c(C)c(C)c(C)c2n(C)c1=O.COn1c(=O)c2c(C)c(C)c(C)c(C)c2n(C)c1=O. The van der Waals surface area contributed by atoms with Crippen LogP contribution in [0, 0.1) is 55.4 Å². The molecule has 2 aromatic heterocycles. The third-order valence-corrected chi connectivity index (χ3v) is 8.06. The largest absolute Gasteiger partial charge is 0.409 e. The second-order valence-electron chi connectivity index (χ2n) is 9.69. The minimum absolute atomic E-state index is 0.399. The van der Waals surface area contributed by atoms with Gasteiger partial charge >= 0.3 is 11.4 Å². The van der Waals surface area contributed by atoms with Gasteiger partial charge < -0.3 is 9.68 Å². The first kappa shape index (κ1) is 28.5. The molecule has 0 fully saturated rings. The smallest absolute Gasteiger partial charge is 0.364 e. The van der Waals surface area contributed by atoms with E-state index in [2.05, 4.69) is 0 Å². The van der Waals surface area contributed by atoms with E-state index < -0.39 is 22.5 Å². The van der Waals surface area contributed by atoms with Gasteiger partial charge in [-0.3, -0.25) is 18.7 Å². The molecular formula is C28H36N4O6. The van der Waals surface area contributed by atoms with Crippen LogP contribution in [0.15, 0.2) is 19.2 Å². The van der Waals surface area contributed by atoms with E-state index in [1.165, 1.54) is 23.4 Å². The molecule has 0 amide bonds. The Balaban J connectivity index is 0.000000211. The highest BCUT2D eigenvalue weighted by molar-refractivity contribution is 5.88. The highest BCUT2D eigenvalue weighted by Crippen LogP contribution is 2.26. The minimum atomic E-state index is -0.467. The fourth-order valence-corrected chi connectivity index (χ4v) is 5.11. The fraction of sp³-hybridized carbons (Fsp3) is 0.429. The standard InChI is InChI=1S/2C14H18N2O3/c2*1-7-8(2)10(4)12-11(9(7)3)13(17)16(19-6)14(18)15(12)5/h2*1-6H3. The molecule has 10 nitrogen and oxygen atoms in total. The van der Waals surface area contributed by atoms with Gasteiger partial charge in [0.05, 0.1) is 21.8 Å². The van der Waals surface area contributed by atoms with Crippen LogP contribution in [0.1, 0.15) is 44.5 Å². The molecular weight excluding hydrogens is 488 g/mol. The zero-order chi connectivity index (χ0) is 29.0. The normalized spacial score (nSPS) is 11.1. The van der Waals surface area contributed by atoms with E-state index in [-0.39, 0.29) is 0 Å². The monoisotopic (exact) mass is 524 g/mol. The summed E-state index contributed by atoms with van der Waals surface area (Å²) >= 11 is 0. The molecule has 0 aliphatic rings. The molecule has 0 unspecified atom stereocenters. The average molecular weight is 525 g/mol. The lowest BCUT2D eigenvalue weighted by atomic mass is 9.95. The Morgan fingerprint density at radius 2 is 0.711 bits per heavy atom. The first-order valence-electron chi connectivity index (χ1n) is 12.2. The van der Waals surface area contributed by atoms with E-state index >= 15 is 0 Å². The van der Waals surface area contributed by atoms with Gasteiger partial charge in [-0.1, -0.05) is 9.46 Å². The molecule has 4 aromatic rings. The van der Waals surface area contributed by atoms with E-state index in [9.17, 15) is 19.2 Å². The first-order chi connectivity index (χ1) is 17.6. The number of fused-ring (bicyclic) bond motifs is 2. The van der Waals surface area contributed by atoms with Crippen LogP contribution in [0.2, 0.25) is 0 Å². The summed E-state index contributed by atoms with van der Waals surface area (Å²) in [6.45, 7) is 15.6. The van der Waals surface area contributed by atoms with Crippen LogP contribution in [0.4, 0.5) is 0 Å². The van der Waals surface area contributed by atoms with Crippen molar-refractivity contribution in [2.75, 3.05) is 14.2 Å². The Bertz CT molecular complexity index is 1730. The van der Waals surface area contributed by atoms with Crippen molar-refractivity contribution >= 4 is 21.8 Å². The maximum absolute atomic E-state index is 12.4. The fourth-order valence-electron chi connectivity index (χ4n) is 5.11. The number of nitrogens with zero attached hydrogens (tertiary/aromatic N) is 4. The predicted octanol–water partition coefficient (Wildman–Crippen LogP) is 1.98. The van der Waals surface area contributed by atoms with E-state index in [1.807, 2.05) is 55.4 Å². The number of hydrogen-bond acceptors (Lipinski definition) is 6. The Morgan fingerprint density at radius 3 is 0.974 bits per heavy atom. The Morgan fingerprint density at radius 1 is 0.447 bits per heavy atom. The lowest BCUT2D eigenvalue weighted by Crippen LogP contribution is -2.42. The molecule has 0 saturated carbocycles. The second kappa shape index (κ2) is 10.00. The molecule has 0 aliphatic carbocycles. The number of rotatable bonds is 2. The van der Waals surface area contributed by atoms with Crippen molar-refractivity contribution in [2.24, 2.45) is 14.1 Å². The van der Waals surface area contributed by atoms with Gasteiger partial charge in [-0.05, 0) is 99.9 Å². The summed E-state index contributed by atoms with van der Waals surface area (Å²) in [5.74, 6) is 0. The van der Waals surface area contributed by atoms with Crippen LogP contribution in [-0.4, -0.2) is 32.8 Å². The molecule has 0 radical (unpaired) electrons. The zero-order valence-electron chi connectivity index (χ0n) is 24.2. The number of hydrogen-bond donors (Lipinski definition) is 0. The van der Waals surface area contributed by atoms with Crippen LogP contribution in [0.3, 0.4) is 0 Å². The van der Waals surface area contributed by atoms with E-state index in [0.29, 0.717) is 21.8 Å². The maximum Gasteiger partial charge on any atom is 0.364 e. The van der Waals surface area contributed by atoms with Crippen LogP contribution in [-0.2, 0) is 14.1 Å². The summed E-state index contributed by atoms with van der Waals surface area (Å²) < 4.78 is 4.52. The van der Waals surface area contributed by atoms with Gasteiger partial charge in [0.2, 0.25) is 0 Å². The van der Waals surface area contributed by atoms with Crippen LogP contribution in [0.25, 0.3) is 21.8 Å². The van der Waals surface area contributed by atoms with Gasteiger partial charge in [-0.2, -0.15) is 0 Å². The molecule has 0 saturated heterocycles. The number of aromatic nitrogens is 4. The van der Waals surface area contributed by atoms with Crippen molar-refractivity contribution in [3.05, 3.63) is 86.2 Å². The maximum atomic E-state index is 12.4. The summed E-state index contributed by atoms with van der Waals surface area (Å²) in [5.41, 5.74) is 7.69. The van der Waals surface area contributed by atoms with Crippen molar-refractivity contribution in [1.29, 1.82) is 0 Å². The van der Waals surface area contributed by atoms with Gasteiger partial charge in [0.25, 0.3) is 11.1 Å². The molecule has 0 aliphatic heterocycles. The van der Waals surface area contributed by atoms with Gasteiger partial charge in [-0.25, -0.2) is 9.59 Å². The molecule has 4 rings (SSSR count). The lowest BCUT2D eigenvalue weighted by molar-refractivity contribution is 0.143. The van der Waals surface area contributed by atoms with Gasteiger partial charge in [0.1, 0.15) is 14.2 Å². The van der Waals surface area contributed by atoms with Gasteiger partial charge in [0.15, 0.2) is 0 Å². The van der Waals surface area contributed by atoms with E-state index in [1.54, 1.807) is 14.1 Å². The van der Waals surface area contributed by atoms with Crippen LogP contribution >= 0.6 is 0 Å². The number of benzene rings is 2. The molecule has 2 heterocycles. The third-order valence-electron chi connectivity index (χ3n) is 8.06. The molecule has 0 atom stereocenters. The van der Waals surface area contributed by atoms with E-state index in [0.717, 1.165) is 54.0 Å². The molecule has 38 heavy (non-hydrogen) atoms. The molecule has 2 aromatic carbocycles. The summed E-state index contributed by atoms with van der Waals surface area (Å²) in [5, 5.41) is 1.09. The second-order valence-corrected chi connectivity index (χ2v) is 9.69. The Hall–Kier alpha value is -4.08. The average Bonchev–Trinajstić information content (AvgIpc) is 2.88. The minimum Gasteiger partial charge on any atom is -0.409 e. The summed E-state index contributed by atoms with van der Waals surface area (Å²) in [4.78, 5) is 58.8. The zero-order valence-corrected chi connectivity index (χ0v) is 24.2. The highest BCUT2D eigenvalue weighted by atomic mass is 16.7. The molecule has 0 spiro atoms.